The zero-order valence-corrected chi connectivity index (χ0v) is 19.8. The smallest absolute Gasteiger partial charge is 0.246 e. The molecule has 1 amide bonds. The fourth-order valence-corrected chi connectivity index (χ4v) is 4.33. The van der Waals surface area contributed by atoms with Gasteiger partial charge in [0.25, 0.3) is 0 Å². The molecule has 0 N–H and O–H groups in total. The minimum Gasteiger partial charge on any atom is -0.339 e. The summed E-state index contributed by atoms with van der Waals surface area (Å²) < 4.78 is 1.82. The summed E-state index contributed by atoms with van der Waals surface area (Å²) >= 11 is 6.49. The lowest BCUT2D eigenvalue weighted by Gasteiger charge is -2.36. The lowest BCUT2D eigenvalue weighted by Crippen LogP contribution is -2.45. The van der Waals surface area contributed by atoms with E-state index in [1.807, 2.05) is 48.0 Å². The van der Waals surface area contributed by atoms with Crippen LogP contribution in [0.1, 0.15) is 43.6 Å². The highest BCUT2D eigenvalue weighted by molar-refractivity contribution is 6.31. The van der Waals surface area contributed by atoms with Crippen LogP contribution in [0, 0.1) is 12.8 Å². The molecule has 1 fully saturated rings. The third-order valence-corrected chi connectivity index (χ3v) is 6.30. The minimum atomic E-state index is 0.0130. The van der Waals surface area contributed by atoms with Gasteiger partial charge in [0.05, 0.1) is 5.69 Å². The van der Waals surface area contributed by atoms with Gasteiger partial charge in [-0.3, -0.25) is 14.5 Å². The molecule has 31 heavy (non-hydrogen) atoms. The zero-order chi connectivity index (χ0) is 22.4. The molecule has 0 atom stereocenters. The van der Waals surface area contributed by atoms with Crippen molar-refractivity contribution in [2.24, 2.45) is 5.92 Å². The van der Waals surface area contributed by atoms with Crippen molar-refractivity contribution in [3.05, 3.63) is 52.6 Å². The molecule has 0 spiro atoms. The maximum Gasteiger partial charge on any atom is 0.246 e. The Hall–Kier alpha value is -2.18. The molecule has 168 valence electrons. The number of carbonyl (C=O) groups is 1. The summed E-state index contributed by atoms with van der Waals surface area (Å²) in [5.41, 5.74) is 2.81. The van der Waals surface area contributed by atoms with Crippen LogP contribution >= 0.6 is 11.6 Å². The molecule has 2 aromatic rings. The number of likely N-dealkylation sites (N-methyl/N-ethyl adjacent to an activating group) is 1. The molecule has 0 aromatic carbocycles. The first-order valence-electron chi connectivity index (χ1n) is 11.1. The SMILES string of the molecule is Cc1nn(CC(C)C)c(Cl)c1C=CC(=O)N(C)C1CCN(CCc2ccccn2)CC1. The zero-order valence-electron chi connectivity index (χ0n) is 19.1. The van der Waals surface area contributed by atoms with Gasteiger partial charge in [-0.2, -0.15) is 5.10 Å². The highest BCUT2D eigenvalue weighted by Gasteiger charge is 2.24. The van der Waals surface area contributed by atoms with Gasteiger partial charge in [0.1, 0.15) is 5.15 Å². The molecular weight excluding hydrogens is 410 g/mol. The van der Waals surface area contributed by atoms with Gasteiger partial charge in [-0.1, -0.05) is 31.5 Å². The van der Waals surface area contributed by atoms with Crippen molar-refractivity contribution < 1.29 is 4.79 Å². The quantitative estimate of drug-likeness (QED) is 0.577. The van der Waals surface area contributed by atoms with E-state index in [1.54, 1.807) is 6.08 Å². The van der Waals surface area contributed by atoms with Crippen LogP contribution < -0.4 is 0 Å². The van der Waals surface area contributed by atoms with Gasteiger partial charge in [-0.05, 0) is 43.9 Å². The molecule has 1 saturated heterocycles. The Morgan fingerprint density at radius 2 is 2.06 bits per heavy atom. The van der Waals surface area contributed by atoms with Crippen LogP contribution in [0.2, 0.25) is 5.15 Å². The number of rotatable bonds is 8. The Bertz CT molecular complexity index is 885. The Morgan fingerprint density at radius 3 is 2.71 bits per heavy atom. The normalized spacial score (nSPS) is 15.8. The molecule has 0 unspecified atom stereocenters. The summed E-state index contributed by atoms with van der Waals surface area (Å²) in [5.74, 6) is 0.468. The third kappa shape index (κ3) is 6.40. The molecule has 1 aliphatic heterocycles. The molecule has 0 saturated carbocycles. The Morgan fingerprint density at radius 1 is 1.32 bits per heavy atom. The van der Waals surface area contributed by atoms with Gasteiger partial charge < -0.3 is 9.80 Å². The van der Waals surface area contributed by atoms with E-state index in [0.717, 1.165) is 62.4 Å². The van der Waals surface area contributed by atoms with Crippen LogP contribution in [0.5, 0.6) is 0 Å². The van der Waals surface area contributed by atoms with E-state index in [4.69, 9.17) is 11.6 Å². The van der Waals surface area contributed by atoms with Gasteiger partial charge >= 0.3 is 0 Å². The lowest BCUT2D eigenvalue weighted by atomic mass is 10.0. The number of aromatic nitrogens is 3. The summed E-state index contributed by atoms with van der Waals surface area (Å²) in [6.07, 6.45) is 8.23. The second-order valence-electron chi connectivity index (χ2n) is 8.79. The summed E-state index contributed by atoms with van der Waals surface area (Å²) in [6.45, 7) is 9.98. The van der Waals surface area contributed by atoms with E-state index in [9.17, 15) is 4.79 Å². The molecule has 0 aliphatic carbocycles. The molecule has 0 bridgehead atoms. The van der Waals surface area contributed by atoms with Crippen LogP contribution in [0.3, 0.4) is 0 Å². The molecular formula is C24H34ClN5O. The van der Waals surface area contributed by atoms with Gasteiger partial charge in [0.2, 0.25) is 5.91 Å². The first-order valence-corrected chi connectivity index (χ1v) is 11.5. The minimum absolute atomic E-state index is 0.0130. The van der Waals surface area contributed by atoms with E-state index in [1.165, 1.54) is 0 Å². The maximum absolute atomic E-state index is 12.8. The molecule has 3 heterocycles. The lowest BCUT2D eigenvalue weighted by molar-refractivity contribution is -0.127. The van der Waals surface area contributed by atoms with Crippen molar-refractivity contribution in [1.82, 2.24) is 24.6 Å². The van der Waals surface area contributed by atoms with Crippen LogP contribution in [-0.4, -0.2) is 63.2 Å². The third-order valence-electron chi connectivity index (χ3n) is 5.90. The predicted octanol–water partition coefficient (Wildman–Crippen LogP) is 4.07. The Labute approximate surface area is 190 Å². The predicted molar refractivity (Wildman–Crippen MR) is 126 cm³/mol. The van der Waals surface area contributed by atoms with E-state index < -0.39 is 0 Å². The van der Waals surface area contributed by atoms with E-state index in [0.29, 0.717) is 11.1 Å². The molecule has 0 radical (unpaired) electrons. The largest absolute Gasteiger partial charge is 0.339 e. The highest BCUT2D eigenvalue weighted by Crippen LogP contribution is 2.23. The average molecular weight is 444 g/mol. The van der Waals surface area contributed by atoms with Crippen LogP contribution in [0.15, 0.2) is 30.5 Å². The summed E-state index contributed by atoms with van der Waals surface area (Å²) in [6, 6.07) is 6.32. The van der Waals surface area contributed by atoms with Gasteiger partial charge in [-0.25, -0.2) is 0 Å². The first-order chi connectivity index (χ1) is 14.8. The number of piperidine rings is 1. The van der Waals surface area contributed by atoms with Crippen LogP contribution in [0.4, 0.5) is 0 Å². The fourth-order valence-electron chi connectivity index (χ4n) is 4.02. The van der Waals surface area contributed by atoms with E-state index in [2.05, 4.69) is 34.9 Å². The van der Waals surface area contributed by atoms with Gasteiger partial charge in [-0.15, -0.1) is 0 Å². The van der Waals surface area contributed by atoms with Crippen molar-refractivity contribution in [2.75, 3.05) is 26.7 Å². The molecule has 7 heteroatoms. The second kappa shape index (κ2) is 10.9. The van der Waals surface area contributed by atoms with Crippen LogP contribution in [-0.2, 0) is 17.8 Å². The number of amides is 1. The number of aryl methyl sites for hydroxylation is 1. The molecule has 2 aromatic heterocycles. The highest BCUT2D eigenvalue weighted by atomic mass is 35.5. The standard InChI is InChI=1S/C24H34ClN5O/c1-18(2)17-30-24(25)22(19(3)27-30)8-9-23(31)28(4)21-11-15-29(16-12-21)14-10-20-7-5-6-13-26-20/h5-9,13,18,21H,10-12,14-17H2,1-4H3. The van der Waals surface area contributed by atoms with Crippen molar-refractivity contribution in [3.63, 3.8) is 0 Å². The number of halogens is 1. The number of carbonyl (C=O) groups excluding carboxylic acids is 1. The van der Waals surface area contributed by atoms with Gasteiger partial charge in [0, 0.05) is 69.2 Å². The topological polar surface area (TPSA) is 54.3 Å². The van der Waals surface area contributed by atoms with Gasteiger partial charge in [0.15, 0.2) is 0 Å². The van der Waals surface area contributed by atoms with Crippen LogP contribution in [0.25, 0.3) is 6.08 Å². The number of likely N-dealkylation sites (tertiary alicyclic amines) is 1. The first kappa shape index (κ1) is 23.5. The second-order valence-corrected chi connectivity index (χ2v) is 9.15. The monoisotopic (exact) mass is 443 g/mol. The summed E-state index contributed by atoms with van der Waals surface area (Å²) in [4.78, 5) is 21.5. The van der Waals surface area contributed by atoms with E-state index in [-0.39, 0.29) is 11.9 Å². The van der Waals surface area contributed by atoms with Crippen molar-refractivity contribution in [3.8, 4) is 0 Å². The number of nitrogens with zero attached hydrogens (tertiary/aromatic N) is 5. The molecule has 1 aliphatic rings. The Kier molecular flexibility index (Phi) is 8.27. The number of hydrogen-bond donors (Lipinski definition) is 0. The van der Waals surface area contributed by atoms with E-state index >= 15 is 0 Å². The molecule has 6 nitrogen and oxygen atoms in total. The summed E-state index contributed by atoms with van der Waals surface area (Å²) in [5, 5.41) is 5.11. The fraction of sp³-hybridized carbons (Fsp3) is 0.542. The number of pyridine rings is 1. The summed E-state index contributed by atoms with van der Waals surface area (Å²) in [7, 11) is 1.90. The van der Waals surface area contributed by atoms with Crippen molar-refractivity contribution in [2.45, 2.75) is 52.6 Å². The number of hydrogen-bond acceptors (Lipinski definition) is 4. The van der Waals surface area contributed by atoms with Crippen molar-refractivity contribution in [1.29, 1.82) is 0 Å². The maximum atomic E-state index is 12.8. The molecule has 3 rings (SSSR count). The Balaban J connectivity index is 1.50. The van der Waals surface area contributed by atoms with Crippen molar-refractivity contribution >= 4 is 23.6 Å². The average Bonchev–Trinajstić information content (AvgIpc) is 3.03.